The van der Waals surface area contributed by atoms with Crippen molar-refractivity contribution in [3.63, 3.8) is 0 Å². The predicted octanol–water partition coefficient (Wildman–Crippen LogP) is 3.26. The maximum absolute atomic E-state index is 12.0. The third kappa shape index (κ3) is 3.44. The Morgan fingerprint density at radius 1 is 1.32 bits per heavy atom. The largest absolute Gasteiger partial charge is 0.497 e. The summed E-state index contributed by atoms with van der Waals surface area (Å²) in [6.07, 6.45) is 1.55. The Morgan fingerprint density at radius 2 is 2.11 bits per heavy atom. The van der Waals surface area contributed by atoms with Crippen LogP contribution in [-0.4, -0.2) is 18.0 Å². The van der Waals surface area contributed by atoms with Crippen molar-refractivity contribution < 1.29 is 9.53 Å². The first-order valence-electron chi connectivity index (χ1n) is 5.67. The standard InChI is InChI=1S/C14H13IN2O2/c1-9-3-4-10(7-12(9)15)17-14(18)13-8-11(19-2)5-6-16-13/h3-8H,1-2H3,(H,17,18). The molecular weight excluding hydrogens is 355 g/mol. The smallest absolute Gasteiger partial charge is 0.274 e. The maximum atomic E-state index is 12.0. The summed E-state index contributed by atoms with van der Waals surface area (Å²) < 4.78 is 6.17. The molecule has 0 aliphatic rings. The number of aromatic nitrogens is 1. The molecule has 0 aliphatic heterocycles. The highest BCUT2D eigenvalue weighted by atomic mass is 127. The molecule has 1 aromatic heterocycles. The van der Waals surface area contributed by atoms with Crippen LogP contribution < -0.4 is 10.1 Å². The van der Waals surface area contributed by atoms with Gasteiger partial charge < -0.3 is 10.1 Å². The molecule has 19 heavy (non-hydrogen) atoms. The van der Waals surface area contributed by atoms with Crippen molar-refractivity contribution in [3.05, 3.63) is 51.4 Å². The van der Waals surface area contributed by atoms with Crippen molar-refractivity contribution in [2.24, 2.45) is 0 Å². The maximum Gasteiger partial charge on any atom is 0.274 e. The summed E-state index contributed by atoms with van der Waals surface area (Å²) in [6, 6.07) is 9.07. The fourth-order valence-electron chi connectivity index (χ4n) is 1.53. The van der Waals surface area contributed by atoms with E-state index in [1.165, 1.54) is 5.56 Å². The molecule has 0 saturated heterocycles. The number of hydrogen-bond donors (Lipinski definition) is 1. The van der Waals surface area contributed by atoms with Crippen LogP contribution in [0.2, 0.25) is 0 Å². The Labute approximate surface area is 125 Å². The van der Waals surface area contributed by atoms with E-state index in [2.05, 4.69) is 32.9 Å². The van der Waals surface area contributed by atoms with E-state index in [-0.39, 0.29) is 5.91 Å². The zero-order chi connectivity index (χ0) is 13.8. The van der Waals surface area contributed by atoms with Gasteiger partial charge in [-0.25, -0.2) is 0 Å². The lowest BCUT2D eigenvalue weighted by Gasteiger charge is -2.07. The van der Waals surface area contributed by atoms with Crippen molar-refractivity contribution in [2.75, 3.05) is 12.4 Å². The molecule has 0 fully saturated rings. The Kier molecular flexibility index (Phi) is 4.36. The summed E-state index contributed by atoms with van der Waals surface area (Å²) in [7, 11) is 1.55. The predicted molar refractivity (Wildman–Crippen MR) is 82.6 cm³/mol. The second-order valence-corrected chi connectivity index (χ2v) is 5.16. The molecule has 0 spiro atoms. The number of amides is 1. The molecule has 1 heterocycles. The van der Waals surface area contributed by atoms with Gasteiger partial charge in [-0.3, -0.25) is 9.78 Å². The number of halogens is 1. The van der Waals surface area contributed by atoms with Crippen molar-refractivity contribution in [1.82, 2.24) is 4.98 Å². The second kappa shape index (κ2) is 6.01. The number of carbonyl (C=O) groups excluding carboxylic acids is 1. The molecule has 1 aromatic carbocycles. The van der Waals surface area contributed by atoms with Gasteiger partial charge >= 0.3 is 0 Å². The minimum atomic E-state index is -0.251. The molecular formula is C14H13IN2O2. The average molecular weight is 368 g/mol. The number of benzene rings is 1. The van der Waals surface area contributed by atoms with Gasteiger partial charge in [-0.2, -0.15) is 0 Å². The van der Waals surface area contributed by atoms with Crippen LogP contribution in [0.1, 0.15) is 16.1 Å². The van der Waals surface area contributed by atoms with E-state index in [9.17, 15) is 4.79 Å². The molecule has 2 rings (SSSR count). The molecule has 0 saturated carbocycles. The Bertz CT molecular complexity index is 614. The van der Waals surface area contributed by atoms with Crippen LogP contribution in [0.15, 0.2) is 36.5 Å². The quantitative estimate of drug-likeness (QED) is 0.847. The molecule has 0 unspecified atom stereocenters. The zero-order valence-corrected chi connectivity index (χ0v) is 12.8. The highest BCUT2D eigenvalue weighted by Gasteiger charge is 2.09. The molecule has 98 valence electrons. The number of rotatable bonds is 3. The van der Waals surface area contributed by atoms with Gasteiger partial charge in [0.2, 0.25) is 0 Å². The van der Waals surface area contributed by atoms with Gasteiger partial charge in [-0.1, -0.05) is 6.07 Å². The molecule has 5 heteroatoms. The van der Waals surface area contributed by atoms with Crippen molar-refractivity contribution in [3.8, 4) is 5.75 Å². The highest BCUT2D eigenvalue weighted by Crippen LogP contribution is 2.18. The van der Waals surface area contributed by atoms with Crippen LogP contribution in [0.3, 0.4) is 0 Å². The topological polar surface area (TPSA) is 51.2 Å². The lowest BCUT2D eigenvalue weighted by Crippen LogP contribution is -2.13. The van der Waals surface area contributed by atoms with Gasteiger partial charge in [0.1, 0.15) is 11.4 Å². The van der Waals surface area contributed by atoms with Crippen molar-refractivity contribution >= 4 is 34.2 Å². The molecule has 4 nitrogen and oxygen atoms in total. The van der Waals surface area contributed by atoms with Crippen LogP contribution in [0.5, 0.6) is 5.75 Å². The van der Waals surface area contributed by atoms with Crippen LogP contribution in [0.4, 0.5) is 5.69 Å². The van der Waals surface area contributed by atoms with Crippen LogP contribution in [0, 0.1) is 10.5 Å². The summed E-state index contributed by atoms with van der Waals surface area (Å²) in [5, 5.41) is 2.82. The number of hydrogen-bond acceptors (Lipinski definition) is 3. The van der Waals surface area contributed by atoms with E-state index in [0.29, 0.717) is 11.4 Å². The Morgan fingerprint density at radius 3 is 2.79 bits per heavy atom. The van der Waals surface area contributed by atoms with Crippen LogP contribution >= 0.6 is 22.6 Å². The number of carbonyl (C=O) groups is 1. The third-order valence-corrected chi connectivity index (χ3v) is 3.79. The number of ether oxygens (including phenoxy) is 1. The van der Waals surface area contributed by atoms with Gasteiger partial charge in [-0.05, 0) is 53.3 Å². The highest BCUT2D eigenvalue weighted by molar-refractivity contribution is 14.1. The van der Waals surface area contributed by atoms with Gasteiger partial charge in [0.25, 0.3) is 5.91 Å². The lowest BCUT2D eigenvalue weighted by atomic mass is 10.2. The number of methoxy groups -OCH3 is 1. The number of pyridine rings is 1. The molecule has 0 radical (unpaired) electrons. The Balaban J connectivity index is 2.18. The van der Waals surface area contributed by atoms with E-state index in [0.717, 1.165) is 9.26 Å². The third-order valence-electron chi connectivity index (χ3n) is 2.63. The summed E-state index contributed by atoms with van der Waals surface area (Å²) in [5.74, 6) is 0.359. The fourth-order valence-corrected chi connectivity index (χ4v) is 2.04. The average Bonchev–Trinajstić information content (AvgIpc) is 2.43. The number of nitrogens with one attached hydrogen (secondary N) is 1. The first-order valence-corrected chi connectivity index (χ1v) is 6.75. The zero-order valence-electron chi connectivity index (χ0n) is 10.6. The summed E-state index contributed by atoms with van der Waals surface area (Å²) in [4.78, 5) is 16.1. The molecule has 0 bridgehead atoms. The normalized spacial score (nSPS) is 10.1. The summed E-state index contributed by atoms with van der Waals surface area (Å²) >= 11 is 2.24. The minimum absolute atomic E-state index is 0.251. The van der Waals surface area contributed by atoms with E-state index < -0.39 is 0 Å². The first kappa shape index (κ1) is 13.8. The van der Waals surface area contributed by atoms with Crippen molar-refractivity contribution in [1.29, 1.82) is 0 Å². The van der Waals surface area contributed by atoms with E-state index in [1.54, 1.807) is 25.4 Å². The molecule has 1 N–H and O–H groups in total. The molecule has 2 aromatic rings. The molecule has 0 aliphatic carbocycles. The first-order chi connectivity index (χ1) is 9.10. The van der Waals surface area contributed by atoms with E-state index in [1.807, 2.05) is 25.1 Å². The van der Waals surface area contributed by atoms with Crippen molar-refractivity contribution in [2.45, 2.75) is 6.92 Å². The SMILES string of the molecule is COc1ccnc(C(=O)Nc2ccc(C)c(I)c2)c1. The van der Waals surface area contributed by atoms with E-state index in [4.69, 9.17) is 4.74 Å². The van der Waals surface area contributed by atoms with Gasteiger partial charge in [0.15, 0.2) is 0 Å². The van der Waals surface area contributed by atoms with Gasteiger partial charge in [0, 0.05) is 21.5 Å². The van der Waals surface area contributed by atoms with E-state index >= 15 is 0 Å². The Hall–Kier alpha value is -1.63. The lowest BCUT2D eigenvalue weighted by molar-refractivity contribution is 0.102. The molecule has 0 atom stereocenters. The summed E-state index contributed by atoms with van der Waals surface area (Å²) in [6.45, 7) is 2.02. The number of aryl methyl sites for hydroxylation is 1. The number of nitrogens with zero attached hydrogens (tertiary/aromatic N) is 1. The van der Waals surface area contributed by atoms with Crippen LogP contribution in [0.25, 0.3) is 0 Å². The second-order valence-electron chi connectivity index (χ2n) is 4.00. The molecule has 1 amide bonds. The summed E-state index contributed by atoms with van der Waals surface area (Å²) in [5.41, 5.74) is 2.26. The van der Waals surface area contributed by atoms with Gasteiger partial charge in [0.05, 0.1) is 7.11 Å². The van der Waals surface area contributed by atoms with Gasteiger partial charge in [-0.15, -0.1) is 0 Å². The fraction of sp³-hybridized carbons (Fsp3) is 0.143. The minimum Gasteiger partial charge on any atom is -0.497 e. The van der Waals surface area contributed by atoms with Crippen LogP contribution in [-0.2, 0) is 0 Å². The monoisotopic (exact) mass is 368 g/mol. The number of anilines is 1.